The number of phenols is 6. The topological polar surface area (TPSA) is 269 Å². The molecule has 0 saturated carbocycles. The number of hydrogen-bond acceptors (Lipinski definition) is 18. The molecule has 0 saturated heterocycles. The number of hydrogen-bond donors (Lipinski definition) is 7. The Hall–Kier alpha value is -5.48. The lowest BCUT2D eigenvalue weighted by molar-refractivity contribution is -0.112. The van der Waals surface area contributed by atoms with Gasteiger partial charge in [0.15, 0.2) is 41.0 Å². The first-order chi connectivity index (χ1) is 28.0. The van der Waals surface area contributed by atoms with Crippen molar-refractivity contribution in [2.24, 2.45) is 5.73 Å². The second-order valence-corrected chi connectivity index (χ2v) is 12.7. The molecule has 3 aromatic carbocycles. The summed E-state index contributed by atoms with van der Waals surface area (Å²) < 4.78 is 61.0. The molecule has 2 heterocycles. The third-order valence-electron chi connectivity index (χ3n) is 8.54. The Bertz CT molecular complexity index is 1910. The molecule has 0 fully saturated rings. The number of aromatic nitrogens is 3. The van der Waals surface area contributed by atoms with Crippen molar-refractivity contribution in [1.82, 2.24) is 15.0 Å². The number of esters is 1. The minimum atomic E-state index is -1.51. The molecule has 316 valence electrons. The van der Waals surface area contributed by atoms with Gasteiger partial charge in [-0.05, 0) is 30.3 Å². The molecule has 3 atom stereocenters. The van der Waals surface area contributed by atoms with Gasteiger partial charge in [-0.2, -0.15) is 0 Å². The molecule has 0 spiro atoms. The molecule has 58 heavy (non-hydrogen) atoms. The predicted octanol–water partition coefficient (Wildman–Crippen LogP) is 2.35. The summed E-state index contributed by atoms with van der Waals surface area (Å²) >= 11 is 0. The average molecular weight is 819 g/mol. The van der Waals surface area contributed by atoms with Crippen molar-refractivity contribution < 1.29 is 77.7 Å². The lowest BCUT2D eigenvalue weighted by Gasteiger charge is -2.39. The lowest BCUT2D eigenvalue weighted by Crippen LogP contribution is -2.40. The molecule has 0 amide bonds. The Morgan fingerprint density at radius 1 is 0.759 bits per heavy atom. The van der Waals surface area contributed by atoms with Gasteiger partial charge >= 0.3 is 5.97 Å². The molecule has 0 bridgehead atoms. The first-order valence-corrected chi connectivity index (χ1v) is 18.3. The Morgan fingerprint density at radius 2 is 1.38 bits per heavy atom. The Morgan fingerprint density at radius 3 is 2.00 bits per heavy atom. The number of halogens is 1. The van der Waals surface area contributed by atoms with Crippen LogP contribution in [0, 0.1) is 5.82 Å². The molecule has 1 aliphatic heterocycles. The first kappa shape index (κ1) is 43.6. The minimum absolute atomic E-state index is 0.00769. The summed E-state index contributed by atoms with van der Waals surface area (Å²) in [6.07, 6.45) is -2.10. The van der Waals surface area contributed by atoms with Crippen LogP contribution < -0.4 is 10.5 Å². The van der Waals surface area contributed by atoms with Crippen LogP contribution in [-0.2, 0) is 46.1 Å². The Balaban J connectivity index is 1.16. The van der Waals surface area contributed by atoms with E-state index in [9.17, 15) is 39.8 Å². The zero-order valence-corrected chi connectivity index (χ0v) is 31.4. The van der Waals surface area contributed by atoms with Crippen LogP contribution in [0.25, 0.3) is 0 Å². The molecule has 1 aliphatic rings. The number of fused-ring (bicyclic) bond motifs is 1. The fourth-order valence-electron chi connectivity index (χ4n) is 5.76. The van der Waals surface area contributed by atoms with Crippen LogP contribution in [0.4, 0.5) is 4.39 Å². The largest absolute Gasteiger partial charge is 0.508 e. The molecule has 0 radical (unpaired) electrons. The van der Waals surface area contributed by atoms with E-state index >= 15 is 0 Å². The quantitative estimate of drug-likeness (QED) is 0.0304. The maximum atomic E-state index is 14.2. The van der Waals surface area contributed by atoms with Gasteiger partial charge in [0.05, 0.1) is 96.0 Å². The Kier molecular flexibility index (Phi) is 16.5. The summed E-state index contributed by atoms with van der Waals surface area (Å²) in [7, 11) is 0. The summed E-state index contributed by atoms with van der Waals surface area (Å²) in [6, 6.07) is 7.16. The van der Waals surface area contributed by atoms with Crippen LogP contribution in [0.15, 0.2) is 48.7 Å². The number of phenolic OH excluding ortho intramolecular Hbond substituents is 6. The molecule has 4 aromatic rings. The van der Waals surface area contributed by atoms with E-state index in [2.05, 4.69) is 10.3 Å². The van der Waals surface area contributed by atoms with Crippen LogP contribution in [0.2, 0.25) is 0 Å². The highest BCUT2D eigenvalue weighted by Gasteiger charge is 2.45. The summed E-state index contributed by atoms with van der Waals surface area (Å²) in [5.74, 6) is -6.09. The normalized spacial score (nSPS) is 16.2. The number of aromatic hydroxyl groups is 6. The molecule has 0 aliphatic carbocycles. The minimum Gasteiger partial charge on any atom is -0.508 e. The first-order valence-electron chi connectivity index (χ1n) is 18.3. The summed E-state index contributed by atoms with van der Waals surface area (Å²) in [5, 5.41) is 69.8. The van der Waals surface area contributed by atoms with Gasteiger partial charge in [0.1, 0.15) is 23.4 Å². The van der Waals surface area contributed by atoms with Crippen LogP contribution in [0.3, 0.4) is 0 Å². The van der Waals surface area contributed by atoms with Gasteiger partial charge < -0.3 is 74.3 Å². The van der Waals surface area contributed by atoms with Gasteiger partial charge in [-0.1, -0.05) is 5.21 Å². The number of nitrogens with two attached hydrogens (primary N) is 1. The molecule has 19 nitrogen and oxygen atoms in total. The second kappa shape index (κ2) is 21.9. The number of nitrogens with zero attached hydrogens (tertiary/aromatic N) is 3. The van der Waals surface area contributed by atoms with Crippen LogP contribution in [0.1, 0.15) is 39.4 Å². The molecule has 8 N–H and O–H groups in total. The van der Waals surface area contributed by atoms with E-state index in [1.807, 2.05) is 0 Å². The van der Waals surface area contributed by atoms with Crippen molar-refractivity contribution in [3.05, 3.63) is 76.9 Å². The van der Waals surface area contributed by atoms with Gasteiger partial charge in [0.25, 0.3) is 0 Å². The van der Waals surface area contributed by atoms with E-state index in [1.165, 1.54) is 10.7 Å². The van der Waals surface area contributed by atoms with Crippen LogP contribution in [-0.4, -0.2) is 137 Å². The van der Waals surface area contributed by atoms with Gasteiger partial charge in [0, 0.05) is 36.9 Å². The SMILES string of the molecule is NCCOCCOCCOCCOCCOCCc1cn(CCOC2c3c(O)cc(O)cc3OC(c3cc(O)c(O)c(O)c3)C2OC(=O)c2ccc(O)c(F)c2)nn1. The summed E-state index contributed by atoms with van der Waals surface area (Å²) in [5.41, 5.74) is 5.66. The van der Waals surface area contributed by atoms with E-state index in [0.29, 0.717) is 84.7 Å². The maximum absolute atomic E-state index is 14.2. The van der Waals surface area contributed by atoms with E-state index in [1.54, 1.807) is 6.20 Å². The van der Waals surface area contributed by atoms with E-state index in [-0.39, 0.29) is 41.3 Å². The fraction of sp³-hybridized carbons (Fsp3) is 0.447. The Labute approximate surface area is 331 Å². The smallest absolute Gasteiger partial charge is 0.338 e. The number of carbonyl (C=O) groups is 1. The van der Waals surface area contributed by atoms with Crippen molar-refractivity contribution in [3.8, 4) is 40.2 Å². The highest BCUT2D eigenvalue weighted by molar-refractivity contribution is 5.89. The highest BCUT2D eigenvalue weighted by atomic mass is 19.1. The third-order valence-corrected chi connectivity index (χ3v) is 8.54. The van der Waals surface area contributed by atoms with Crippen molar-refractivity contribution in [1.29, 1.82) is 0 Å². The van der Waals surface area contributed by atoms with Gasteiger partial charge in [-0.15, -0.1) is 5.10 Å². The number of carbonyl (C=O) groups excluding carboxylic acids is 1. The monoisotopic (exact) mass is 818 g/mol. The van der Waals surface area contributed by atoms with Crippen molar-refractivity contribution in [2.75, 3.05) is 79.2 Å². The highest BCUT2D eigenvalue weighted by Crippen LogP contribution is 2.51. The number of rotatable bonds is 24. The molecule has 3 unspecified atom stereocenters. The van der Waals surface area contributed by atoms with E-state index in [0.717, 1.165) is 36.4 Å². The summed E-state index contributed by atoms with van der Waals surface area (Å²) in [6.45, 7) is 4.82. The maximum Gasteiger partial charge on any atom is 0.338 e. The lowest BCUT2D eigenvalue weighted by atomic mass is 9.90. The van der Waals surface area contributed by atoms with Crippen molar-refractivity contribution in [3.63, 3.8) is 0 Å². The second-order valence-electron chi connectivity index (χ2n) is 12.7. The van der Waals surface area contributed by atoms with Crippen molar-refractivity contribution >= 4 is 5.97 Å². The fourth-order valence-corrected chi connectivity index (χ4v) is 5.76. The standard InChI is InChI=1S/C38H47FN4O15/c39-27-17-23(1-2-28(27)45)38(50)58-37-35(24-18-30(47)34(49)31(48)19-24)57-32-21-26(44)20-29(46)33(32)36(37)56-8-5-43-22-25(41-42-43)3-6-51-9-11-53-13-15-55-16-14-54-12-10-52-7-4-40/h1-2,17-22,35-37,44-49H,3-16,40H2. The van der Waals surface area contributed by atoms with Crippen LogP contribution in [0.5, 0.6) is 40.2 Å². The average Bonchev–Trinajstić information content (AvgIpc) is 3.65. The number of ether oxygens (including phenoxy) is 8. The van der Waals surface area contributed by atoms with Crippen molar-refractivity contribution in [2.45, 2.75) is 31.3 Å². The molecular formula is C38H47FN4O15. The van der Waals surface area contributed by atoms with E-state index in [4.69, 9.17) is 43.6 Å². The van der Waals surface area contributed by atoms with Gasteiger partial charge in [0.2, 0.25) is 0 Å². The zero-order valence-electron chi connectivity index (χ0n) is 31.4. The van der Waals surface area contributed by atoms with Gasteiger partial charge in [-0.3, -0.25) is 0 Å². The molecule has 5 rings (SSSR count). The van der Waals surface area contributed by atoms with Crippen LogP contribution >= 0.6 is 0 Å². The van der Waals surface area contributed by atoms with E-state index < -0.39 is 58.8 Å². The molecule has 20 heteroatoms. The number of benzene rings is 3. The molecular weight excluding hydrogens is 771 g/mol. The summed E-state index contributed by atoms with van der Waals surface area (Å²) in [4.78, 5) is 13.4. The predicted molar refractivity (Wildman–Crippen MR) is 197 cm³/mol. The molecule has 1 aromatic heterocycles. The zero-order chi connectivity index (χ0) is 41.4. The third kappa shape index (κ3) is 12.3. The van der Waals surface area contributed by atoms with Gasteiger partial charge in [-0.25, -0.2) is 13.9 Å².